The molecule has 0 radical (unpaired) electrons. The minimum Gasteiger partial charge on any atom is -0.376 e. The van der Waals surface area contributed by atoms with E-state index in [1.54, 1.807) is 7.11 Å². The predicted octanol–water partition coefficient (Wildman–Crippen LogP) is 3.09. The average molecular weight is 221 g/mol. The van der Waals surface area contributed by atoms with E-state index >= 15 is 0 Å². The number of ether oxygens (including phenoxy) is 1. The highest BCUT2D eigenvalue weighted by Crippen LogP contribution is 2.26. The molecule has 0 aliphatic carbocycles. The quantitative estimate of drug-likeness (QED) is 0.829. The summed E-state index contributed by atoms with van der Waals surface area (Å²) in [4.78, 5) is 0. The minimum absolute atomic E-state index is 0.183. The zero-order valence-corrected chi connectivity index (χ0v) is 10.7. The fourth-order valence-electron chi connectivity index (χ4n) is 1.94. The van der Waals surface area contributed by atoms with E-state index in [2.05, 4.69) is 45.0 Å². The molecule has 1 aromatic rings. The Bertz CT molecular complexity index is 305. The second-order valence-electron chi connectivity index (χ2n) is 4.70. The first kappa shape index (κ1) is 13.2. The molecule has 0 aliphatic rings. The lowest BCUT2D eigenvalue weighted by molar-refractivity contribution is 0.0646. The summed E-state index contributed by atoms with van der Waals surface area (Å²) in [6.45, 7) is 7.18. The summed E-state index contributed by atoms with van der Waals surface area (Å²) in [5, 5.41) is 0. The van der Waals surface area contributed by atoms with Crippen LogP contribution in [0.3, 0.4) is 0 Å². The van der Waals surface area contributed by atoms with E-state index in [0.29, 0.717) is 18.4 Å². The third-order valence-electron chi connectivity index (χ3n) is 3.05. The predicted molar refractivity (Wildman–Crippen MR) is 68.5 cm³/mol. The number of nitrogens with two attached hydrogens (primary N) is 1. The van der Waals surface area contributed by atoms with Gasteiger partial charge in [0.15, 0.2) is 0 Å². The van der Waals surface area contributed by atoms with Crippen LogP contribution in [0.15, 0.2) is 24.3 Å². The van der Waals surface area contributed by atoms with E-state index in [1.807, 2.05) is 0 Å². The normalized spacial score (nSPS) is 15.1. The van der Waals surface area contributed by atoms with Gasteiger partial charge in [0.05, 0.1) is 6.10 Å². The molecule has 0 aliphatic heterocycles. The Labute approximate surface area is 98.8 Å². The average Bonchev–Trinajstić information content (AvgIpc) is 2.29. The summed E-state index contributed by atoms with van der Waals surface area (Å²) in [7, 11) is 1.76. The van der Waals surface area contributed by atoms with Crippen molar-refractivity contribution in [2.75, 3.05) is 13.7 Å². The maximum absolute atomic E-state index is 5.65. The van der Waals surface area contributed by atoms with Gasteiger partial charge in [-0.2, -0.15) is 0 Å². The lowest BCUT2D eigenvalue weighted by Gasteiger charge is -2.20. The minimum atomic E-state index is 0.183. The Morgan fingerprint density at radius 2 is 1.56 bits per heavy atom. The van der Waals surface area contributed by atoms with Gasteiger partial charge in [-0.3, -0.25) is 0 Å². The number of benzene rings is 1. The largest absolute Gasteiger partial charge is 0.376 e. The molecule has 90 valence electrons. The Morgan fingerprint density at radius 3 is 1.94 bits per heavy atom. The van der Waals surface area contributed by atoms with E-state index < -0.39 is 0 Å². The van der Waals surface area contributed by atoms with Crippen LogP contribution in [-0.2, 0) is 4.74 Å². The van der Waals surface area contributed by atoms with Gasteiger partial charge in [0.1, 0.15) is 0 Å². The van der Waals surface area contributed by atoms with Gasteiger partial charge in [-0.05, 0) is 29.5 Å². The van der Waals surface area contributed by atoms with Crippen LogP contribution in [0, 0.1) is 5.92 Å². The molecule has 0 amide bonds. The molecule has 2 heteroatoms. The molecule has 16 heavy (non-hydrogen) atoms. The molecular weight excluding hydrogens is 198 g/mol. The molecule has 1 aromatic carbocycles. The molecule has 0 heterocycles. The van der Waals surface area contributed by atoms with Crippen LogP contribution in [0.1, 0.15) is 43.9 Å². The van der Waals surface area contributed by atoms with Crippen molar-refractivity contribution in [1.82, 2.24) is 0 Å². The van der Waals surface area contributed by atoms with Crippen LogP contribution in [-0.4, -0.2) is 13.7 Å². The van der Waals surface area contributed by atoms with E-state index in [1.165, 1.54) is 11.1 Å². The first-order valence-electron chi connectivity index (χ1n) is 5.92. The van der Waals surface area contributed by atoms with Gasteiger partial charge in [0.25, 0.3) is 0 Å². The monoisotopic (exact) mass is 221 g/mol. The second-order valence-corrected chi connectivity index (χ2v) is 4.70. The maximum atomic E-state index is 5.65. The van der Waals surface area contributed by atoms with Crippen molar-refractivity contribution in [2.45, 2.75) is 32.8 Å². The van der Waals surface area contributed by atoms with E-state index in [0.717, 1.165) is 0 Å². The van der Waals surface area contributed by atoms with Gasteiger partial charge < -0.3 is 10.5 Å². The molecule has 0 bridgehead atoms. The number of methoxy groups -OCH3 is 1. The molecule has 2 nitrogen and oxygen atoms in total. The molecular formula is C14H23NO. The van der Waals surface area contributed by atoms with Gasteiger partial charge in [-0.15, -0.1) is 0 Å². The summed E-state index contributed by atoms with van der Waals surface area (Å²) >= 11 is 0. The van der Waals surface area contributed by atoms with Crippen molar-refractivity contribution in [3.63, 3.8) is 0 Å². The lowest BCUT2D eigenvalue weighted by Crippen LogP contribution is -2.11. The van der Waals surface area contributed by atoms with Crippen LogP contribution < -0.4 is 5.73 Å². The van der Waals surface area contributed by atoms with Crippen molar-refractivity contribution >= 4 is 0 Å². The van der Waals surface area contributed by atoms with E-state index in [4.69, 9.17) is 10.5 Å². The van der Waals surface area contributed by atoms with Crippen molar-refractivity contribution in [1.29, 1.82) is 0 Å². The third kappa shape index (κ3) is 3.06. The summed E-state index contributed by atoms with van der Waals surface area (Å²) in [6, 6.07) is 8.60. The van der Waals surface area contributed by atoms with Gasteiger partial charge >= 0.3 is 0 Å². The Kier molecular flexibility index (Phi) is 4.97. The second kappa shape index (κ2) is 6.02. The zero-order valence-electron chi connectivity index (χ0n) is 10.7. The van der Waals surface area contributed by atoms with Crippen LogP contribution in [0.5, 0.6) is 0 Å². The maximum Gasteiger partial charge on any atom is 0.0844 e. The molecule has 0 saturated carbocycles. The Balaban J connectivity index is 2.85. The SMILES string of the molecule is CO[C@@H](c1ccc([C@@H](C)CN)cc1)C(C)C. The number of hydrogen-bond donors (Lipinski definition) is 1. The van der Waals surface area contributed by atoms with Crippen LogP contribution in [0.2, 0.25) is 0 Å². The molecule has 1 rings (SSSR count). The molecule has 0 aromatic heterocycles. The van der Waals surface area contributed by atoms with Crippen LogP contribution in [0.25, 0.3) is 0 Å². The van der Waals surface area contributed by atoms with Gasteiger partial charge in [-0.1, -0.05) is 45.0 Å². The van der Waals surface area contributed by atoms with Crippen molar-refractivity contribution in [3.8, 4) is 0 Å². The lowest BCUT2D eigenvalue weighted by atomic mass is 9.95. The first-order chi connectivity index (χ1) is 7.60. The fraction of sp³-hybridized carbons (Fsp3) is 0.571. The number of rotatable bonds is 5. The van der Waals surface area contributed by atoms with Crippen LogP contribution >= 0.6 is 0 Å². The van der Waals surface area contributed by atoms with Crippen molar-refractivity contribution in [2.24, 2.45) is 11.7 Å². The molecule has 0 unspecified atom stereocenters. The Morgan fingerprint density at radius 1 is 1.06 bits per heavy atom. The molecule has 0 spiro atoms. The van der Waals surface area contributed by atoms with Crippen molar-refractivity contribution < 1.29 is 4.74 Å². The number of hydrogen-bond acceptors (Lipinski definition) is 2. The van der Waals surface area contributed by atoms with E-state index in [-0.39, 0.29) is 6.10 Å². The summed E-state index contributed by atoms with van der Waals surface area (Å²) in [6.07, 6.45) is 0.183. The van der Waals surface area contributed by atoms with E-state index in [9.17, 15) is 0 Å². The molecule has 0 saturated heterocycles. The molecule has 2 atom stereocenters. The molecule has 2 N–H and O–H groups in total. The summed E-state index contributed by atoms with van der Waals surface area (Å²) < 4.78 is 5.50. The van der Waals surface area contributed by atoms with Gasteiger partial charge in [0, 0.05) is 7.11 Å². The highest BCUT2D eigenvalue weighted by atomic mass is 16.5. The highest BCUT2D eigenvalue weighted by Gasteiger charge is 2.14. The first-order valence-corrected chi connectivity index (χ1v) is 5.92. The summed E-state index contributed by atoms with van der Waals surface area (Å²) in [5.74, 6) is 0.914. The van der Waals surface area contributed by atoms with Crippen LogP contribution in [0.4, 0.5) is 0 Å². The zero-order chi connectivity index (χ0) is 12.1. The fourth-order valence-corrected chi connectivity index (χ4v) is 1.94. The summed E-state index contributed by atoms with van der Waals surface area (Å²) in [5.41, 5.74) is 8.19. The smallest absolute Gasteiger partial charge is 0.0844 e. The highest BCUT2D eigenvalue weighted by molar-refractivity contribution is 5.27. The van der Waals surface area contributed by atoms with Gasteiger partial charge in [-0.25, -0.2) is 0 Å². The van der Waals surface area contributed by atoms with Crippen molar-refractivity contribution in [3.05, 3.63) is 35.4 Å². The third-order valence-corrected chi connectivity index (χ3v) is 3.05. The standard InChI is InChI=1S/C14H23NO/c1-10(2)14(16-4)13-7-5-12(6-8-13)11(3)9-15/h5-8,10-11,14H,9,15H2,1-4H3/t11-,14+/m0/s1. The Hall–Kier alpha value is -0.860. The topological polar surface area (TPSA) is 35.2 Å². The molecule has 0 fully saturated rings. The van der Waals surface area contributed by atoms with Gasteiger partial charge in [0.2, 0.25) is 0 Å².